The quantitative estimate of drug-likeness (QED) is 0.568. The Labute approximate surface area is 133 Å². The van der Waals surface area contributed by atoms with Gasteiger partial charge in [0.25, 0.3) is 5.91 Å². The molecule has 0 saturated heterocycles. The van der Waals surface area contributed by atoms with Gasteiger partial charge in [-0.05, 0) is 52.7 Å². The highest BCUT2D eigenvalue weighted by atomic mass is 79.9. The smallest absolute Gasteiger partial charge is 0.275 e. The van der Waals surface area contributed by atoms with E-state index < -0.39 is 11.7 Å². The Morgan fingerprint density at radius 2 is 2.14 bits per heavy atom. The van der Waals surface area contributed by atoms with Crippen molar-refractivity contribution < 1.29 is 9.18 Å². The summed E-state index contributed by atoms with van der Waals surface area (Å²) in [5.41, 5.74) is 3.35. The Hall–Kier alpha value is -1.70. The number of amides is 1. The largest absolute Gasteiger partial charge is 0.320 e. The first-order valence-electron chi connectivity index (χ1n) is 5.82. The maximum Gasteiger partial charge on any atom is 0.275 e. The number of nitrogen functional groups attached to an aromatic ring is 1. The second-order valence-electron chi connectivity index (χ2n) is 4.21. The number of nitrogens with one attached hydrogen (secondary N) is 2. The molecule has 0 radical (unpaired) electrons. The van der Waals surface area contributed by atoms with Crippen molar-refractivity contribution in [3.05, 3.63) is 50.8 Å². The summed E-state index contributed by atoms with van der Waals surface area (Å²) in [6.45, 7) is 1.74. The zero-order valence-corrected chi connectivity index (χ0v) is 13.2. The lowest BCUT2D eigenvalue weighted by atomic mass is 10.2. The molecule has 0 fully saturated rings. The molecular weight excluding hydrogens is 363 g/mol. The number of carbonyl (C=O) groups excluding carboxylic acids is 1. The maximum atomic E-state index is 13.5. The molecule has 0 bridgehead atoms. The topological polar surface area (TPSA) is 80.0 Å². The van der Waals surface area contributed by atoms with Crippen LogP contribution in [0.1, 0.15) is 16.1 Å². The van der Waals surface area contributed by atoms with Crippen LogP contribution in [0.25, 0.3) is 0 Å². The van der Waals surface area contributed by atoms with Gasteiger partial charge in [0.05, 0.1) is 9.50 Å². The number of aryl methyl sites for hydroxylation is 1. The molecule has 0 atom stereocenters. The molecular formula is C13H11BrClFN4O. The number of benzene rings is 1. The highest BCUT2D eigenvalue weighted by Gasteiger charge is 2.15. The third kappa shape index (κ3) is 3.49. The predicted octanol–water partition coefficient (Wildman–Crippen LogP) is 3.48. The van der Waals surface area contributed by atoms with Gasteiger partial charge in [-0.2, -0.15) is 0 Å². The van der Waals surface area contributed by atoms with Gasteiger partial charge in [0, 0.05) is 5.69 Å². The van der Waals surface area contributed by atoms with Crippen LogP contribution in [0.5, 0.6) is 0 Å². The van der Waals surface area contributed by atoms with E-state index >= 15 is 0 Å². The summed E-state index contributed by atoms with van der Waals surface area (Å²) < 4.78 is 13.9. The molecule has 1 aromatic heterocycles. The van der Waals surface area contributed by atoms with Gasteiger partial charge < -0.3 is 10.7 Å². The van der Waals surface area contributed by atoms with Gasteiger partial charge in [-0.25, -0.2) is 15.2 Å². The van der Waals surface area contributed by atoms with Gasteiger partial charge in [0.15, 0.2) is 0 Å². The van der Waals surface area contributed by atoms with E-state index in [2.05, 4.69) is 31.7 Å². The number of hydrazine groups is 1. The third-order valence-electron chi connectivity index (χ3n) is 2.72. The number of pyridine rings is 1. The Morgan fingerprint density at radius 3 is 2.81 bits per heavy atom. The van der Waals surface area contributed by atoms with E-state index in [0.29, 0.717) is 21.5 Å². The van der Waals surface area contributed by atoms with E-state index in [1.54, 1.807) is 13.0 Å². The molecule has 21 heavy (non-hydrogen) atoms. The second-order valence-corrected chi connectivity index (χ2v) is 5.47. The molecule has 0 saturated carbocycles. The van der Waals surface area contributed by atoms with Crippen molar-refractivity contribution in [2.75, 3.05) is 10.7 Å². The van der Waals surface area contributed by atoms with E-state index in [-0.39, 0.29) is 10.7 Å². The number of halogens is 3. The molecule has 5 nitrogen and oxygen atoms in total. The van der Waals surface area contributed by atoms with Gasteiger partial charge in [0.1, 0.15) is 17.3 Å². The zero-order chi connectivity index (χ0) is 15.6. The Morgan fingerprint density at radius 1 is 1.43 bits per heavy atom. The number of carbonyl (C=O) groups is 1. The maximum absolute atomic E-state index is 13.5. The number of rotatable bonds is 3. The molecule has 0 aliphatic carbocycles. The van der Waals surface area contributed by atoms with Crippen molar-refractivity contribution in [3.8, 4) is 0 Å². The average molecular weight is 374 g/mol. The van der Waals surface area contributed by atoms with Crippen LogP contribution in [-0.4, -0.2) is 10.9 Å². The van der Waals surface area contributed by atoms with Crippen LogP contribution in [0.2, 0.25) is 5.02 Å². The summed E-state index contributed by atoms with van der Waals surface area (Å²) in [4.78, 5) is 16.2. The highest BCUT2D eigenvalue weighted by Crippen LogP contribution is 2.25. The lowest BCUT2D eigenvalue weighted by Crippen LogP contribution is -2.17. The fourth-order valence-electron chi connectivity index (χ4n) is 1.64. The minimum atomic E-state index is -0.554. The molecule has 2 aromatic rings. The van der Waals surface area contributed by atoms with Gasteiger partial charge in [0.2, 0.25) is 0 Å². The predicted molar refractivity (Wildman–Crippen MR) is 83.8 cm³/mol. The average Bonchev–Trinajstić information content (AvgIpc) is 2.45. The molecule has 1 amide bonds. The van der Waals surface area contributed by atoms with E-state index in [1.165, 1.54) is 18.2 Å². The van der Waals surface area contributed by atoms with Crippen molar-refractivity contribution in [2.24, 2.45) is 5.84 Å². The van der Waals surface area contributed by atoms with Crippen LogP contribution in [0.4, 0.5) is 15.9 Å². The number of hydrogen-bond acceptors (Lipinski definition) is 4. The van der Waals surface area contributed by atoms with Crippen molar-refractivity contribution in [1.29, 1.82) is 0 Å². The molecule has 110 valence electrons. The number of nitrogens with two attached hydrogens (primary N) is 1. The first kappa shape index (κ1) is 15.7. The van der Waals surface area contributed by atoms with Crippen LogP contribution in [-0.2, 0) is 0 Å². The molecule has 2 rings (SSSR count). The summed E-state index contributed by atoms with van der Waals surface area (Å²) in [6, 6.07) is 5.81. The minimum Gasteiger partial charge on any atom is -0.320 e. The number of hydrogen-bond donors (Lipinski definition) is 3. The second kappa shape index (κ2) is 6.38. The fourth-order valence-corrected chi connectivity index (χ4v) is 2.29. The van der Waals surface area contributed by atoms with E-state index in [4.69, 9.17) is 17.4 Å². The molecule has 0 aliphatic heterocycles. The Balaban J connectivity index is 2.32. The summed E-state index contributed by atoms with van der Waals surface area (Å²) >= 11 is 9.02. The van der Waals surface area contributed by atoms with Crippen LogP contribution >= 0.6 is 27.5 Å². The lowest BCUT2D eigenvalue weighted by molar-refractivity contribution is 0.102. The van der Waals surface area contributed by atoms with Crippen LogP contribution in [0.3, 0.4) is 0 Å². The molecule has 0 spiro atoms. The molecule has 4 N–H and O–H groups in total. The summed E-state index contributed by atoms with van der Waals surface area (Å²) in [5, 5.41) is 2.74. The van der Waals surface area contributed by atoms with Crippen molar-refractivity contribution in [1.82, 2.24) is 4.98 Å². The Bertz CT molecular complexity index is 711. The van der Waals surface area contributed by atoms with Gasteiger partial charge in [-0.1, -0.05) is 11.6 Å². The van der Waals surface area contributed by atoms with E-state index in [1.807, 2.05) is 0 Å². The first-order valence-corrected chi connectivity index (χ1v) is 6.99. The van der Waals surface area contributed by atoms with Crippen molar-refractivity contribution in [2.45, 2.75) is 6.92 Å². The number of aromatic nitrogens is 1. The monoisotopic (exact) mass is 372 g/mol. The van der Waals surface area contributed by atoms with Gasteiger partial charge in [-0.3, -0.25) is 4.79 Å². The standard InChI is InChI=1S/C13H11BrClFN4O/c1-6-4-7(14)9(16)5-10(6)18-13(21)12-8(15)2-3-11(19-12)20-17/h2-5H,17H2,1H3,(H,18,21)(H,19,20). The van der Waals surface area contributed by atoms with E-state index in [0.717, 1.165) is 0 Å². The molecule has 1 aromatic carbocycles. The number of nitrogens with zero attached hydrogens (tertiary/aromatic N) is 1. The third-order valence-corrected chi connectivity index (χ3v) is 3.64. The normalized spacial score (nSPS) is 10.3. The Kier molecular flexibility index (Phi) is 4.76. The lowest BCUT2D eigenvalue weighted by Gasteiger charge is -2.10. The molecule has 1 heterocycles. The molecule has 0 aliphatic rings. The number of anilines is 2. The summed E-state index contributed by atoms with van der Waals surface area (Å²) in [6.07, 6.45) is 0. The van der Waals surface area contributed by atoms with Crippen LogP contribution in [0, 0.1) is 12.7 Å². The first-order chi connectivity index (χ1) is 9.92. The van der Waals surface area contributed by atoms with E-state index in [9.17, 15) is 9.18 Å². The SMILES string of the molecule is Cc1cc(Br)c(F)cc1NC(=O)c1nc(NN)ccc1Cl. The zero-order valence-electron chi connectivity index (χ0n) is 10.9. The highest BCUT2D eigenvalue weighted by molar-refractivity contribution is 9.10. The van der Waals surface area contributed by atoms with Crippen LogP contribution < -0.4 is 16.6 Å². The van der Waals surface area contributed by atoms with Crippen molar-refractivity contribution in [3.63, 3.8) is 0 Å². The minimum absolute atomic E-state index is 0.00477. The van der Waals surface area contributed by atoms with Crippen molar-refractivity contribution >= 4 is 44.9 Å². The van der Waals surface area contributed by atoms with Gasteiger partial charge in [-0.15, -0.1) is 0 Å². The fraction of sp³-hybridized carbons (Fsp3) is 0.0769. The van der Waals surface area contributed by atoms with Gasteiger partial charge >= 0.3 is 0 Å². The summed E-state index contributed by atoms with van der Waals surface area (Å²) in [7, 11) is 0. The summed E-state index contributed by atoms with van der Waals surface area (Å²) in [5.74, 6) is 4.50. The molecule has 8 heteroatoms. The molecule has 0 unspecified atom stereocenters. The van der Waals surface area contributed by atoms with Crippen LogP contribution in [0.15, 0.2) is 28.7 Å².